The van der Waals surface area contributed by atoms with Crippen LogP contribution in [0.4, 0.5) is 0 Å². The Morgan fingerprint density at radius 2 is 2.18 bits per heavy atom. The number of likely N-dealkylation sites (N-methyl/N-ethyl adjacent to an activating group) is 1. The van der Waals surface area contributed by atoms with Crippen molar-refractivity contribution in [2.75, 3.05) is 12.8 Å². The highest BCUT2D eigenvalue weighted by molar-refractivity contribution is 7.91. The van der Waals surface area contributed by atoms with Crippen LogP contribution in [0.3, 0.4) is 0 Å². The van der Waals surface area contributed by atoms with Crippen LogP contribution in [-0.4, -0.2) is 27.3 Å². The molecule has 0 aromatic heterocycles. The second-order valence-corrected chi connectivity index (χ2v) is 6.91. The zero-order valence-electron chi connectivity index (χ0n) is 10.5. The molecule has 2 atom stereocenters. The van der Waals surface area contributed by atoms with Gasteiger partial charge in [-0.25, -0.2) is 8.42 Å². The van der Waals surface area contributed by atoms with Crippen LogP contribution in [0.25, 0.3) is 0 Å². The first-order valence-corrected chi connectivity index (χ1v) is 7.62. The first-order valence-electron chi connectivity index (χ1n) is 5.97. The summed E-state index contributed by atoms with van der Waals surface area (Å²) in [5, 5.41) is 3.19. The van der Waals surface area contributed by atoms with Crippen molar-refractivity contribution in [2.24, 2.45) is 0 Å². The minimum absolute atomic E-state index is 0.121. The topological polar surface area (TPSA) is 46.2 Å². The van der Waals surface area contributed by atoms with E-state index >= 15 is 0 Å². The van der Waals surface area contributed by atoms with Gasteiger partial charge in [-0.1, -0.05) is 19.1 Å². The number of hydrogen-bond acceptors (Lipinski definition) is 3. The van der Waals surface area contributed by atoms with Crippen LogP contribution in [0.2, 0.25) is 0 Å². The first-order chi connectivity index (χ1) is 7.95. The summed E-state index contributed by atoms with van der Waals surface area (Å²) in [7, 11) is -1.12. The molecule has 3 nitrogen and oxygen atoms in total. The third kappa shape index (κ3) is 2.24. The van der Waals surface area contributed by atoms with Crippen molar-refractivity contribution in [3.05, 3.63) is 29.3 Å². The Morgan fingerprint density at radius 1 is 1.47 bits per heavy atom. The second-order valence-electron chi connectivity index (χ2n) is 4.91. The fourth-order valence-electron chi connectivity index (χ4n) is 2.53. The summed E-state index contributed by atoms with van der Waals surface area (Å²) in [6.07, 6.45) is 0.875. The van der Waals surface area contributed by atoms with Crippen LogP contribution in [0.5, 0.6) is 0 Å². The molecule has 0 saturated heterocycles. The summed E-state index contributed by atoms with van der Waals surface area (Å²) in [6.45, 7) is 4.10. The zero-order chi connectivity index (χ0) is 12.6. The van der Waals surface area contributed by atoms with Crippen molar-refractivity contribution in [3.63, 3.8) is 0 Å². The molecule has 0 spiro atoms. The average Bonchev–Trinajstić information content (AvgIpc) is 2.50. The highest BCUT2D eigenvalue weighted by Gasteiger charge is 2.33. The van der Waals surface area contributed by atoms with Crippen molar-refractivity contribution < 1.29 is 8.42 Å². The van der Waals surface area contributed by atoms with E-state index in [2.05, 4.69) is 12.2 Å². The summed E-state index contributed by atoms with van der Waals surface area (Å²) in [6, 6.07) is 6.00. The van der Waals surface area contributed by atoms with Gasteiger partial charge in [0.15, 0.2) is 9.84 Å². The molecule has 0 aliphatic carbocycles. The van der Waals surface area contributed by atoms with Gasteiger partial charge in [0.1, 0.15) is 0 Å². The van der Waals surface area contributed by atoms with Gasteiger partial charge in [-0.2, -0.15) is 0 Å². The Balaban J connectivity index is 2.48. The van der Waals surface area contributed by atoms with Gasteiger partial charge in [0.2, 0.25) is 0 Å². The SMILES string of the molecule is CNC(C)Cc1cccc2c1C(C)CS2(=O)=O. The van der Waals surface area contributed by atoms with Crippen molar-refractivity contribution in [1.82, 2.24) is 5.32 Å². The lowest BCUT2D eigenvalue weighted by molar-refractivity contribution is 0.598. The minimum Gasteiger partial charge on any atom is -0.317 e. The molecule has 1 heterocycles. The van der Waals surface area contributed by atoms with Crippen molar-refractivity contribution in [1.29, 1.82) is 0 Å². The lowest BCUT2D eigenvalue weighted by Crippen LogP contribution is -2.24. The molecule has 0 saturated carbocycles. The number of rotatable bonds is 3. The Morgan fingerprint density at radius 3 is 2.82 bits per heavy atom. The summed E-state index contributed by atoms with van der Waals surface area (Å²) in [4.78, 5) is 0.547. The van der Waals surface area contributed by atoms with E-state index < -0.39 is 9.84 Å². The maximum Gasteiger partial charge on any atom is 0.179 e. The summed E-state index contributed by atoms with van der Waals surface area (Å²) in [5.41, 5.74) is 2.20. The van der Waals surface area contributed by atoms with Crippen molar-refractivity contribution >= 4 is 9.84 Å². The molecule has 0 amide bonds. The number of fused-ring (bicyclic) bond motifs is 1. The van der Waals surface area contributed by atoms with Gasteiger partial charge in [-0.15, -0.1) is 0 Å². The molecule has 1 aliphatic rings. The standard InChI is InChI=1S/C13H19NO2S/c1-9-8-17(15,16)12-6-4-5-11(13(9)12)7-10(2)14-3/h4-6,9-10,14H,7-8H2,1-3H3. The smallest absolute Gasteiger partial charge is 0.179 e. The number of benzene rings is 1. The van der Waals surface area contributed by atoms with E-state index in [9.17, 15) is 8.42 Å². The molecule has 1 aromatic carbocycles. The van der Waals surface area contributed by atoms with Gasteiger partial charge in [-0.05, 0) is 43.5 Å². The molecule has 0 fully saturated rings. The van der Waals surface area contributed by atoms with Crippen LogP contribution in [0, 0.1) is 0 Å². The number of sulfone groups is 1. The number of nitrogens with one attached hydrogen (secondary N) is 1. The van der Waals surface area contributed by atoms with Gasteiger partial charge in [0.25, 0.3) is 0 Å². The Hall–Kier alpha value is -0.870. The maximum absolute atomic E-state index is 12.0. The lowest BCUT2D eigenvalue weighted by atomic mass is 9.93. The van der Waals surface area contributed by atoms with E-state index in [0.29, 0.717) is 10.9 Å². The van der Waals surface area contributed by atoms with Gasteiger partial charge in [0, 0.05) is 6.04 Å². The molecule has 1 aromatic rings. The van der Waals surface area contributed by atoms with Crippen LogP contribution in [0.1, 0.15) is 30.9 Å². The largest absolute Gasteiger partial charge is 0.317 e. The van der Waals surface area contributed by atoms with E-state index in [-0.39, 0.29) is 11.7 Å². The molecule has 2 unspecified atom stereocenters. The third-order valence-corrected chi connectivity index (χ3v) is 5.44. The molecule has 0 bridgehead atoms. The molecule has 1 aliphatic heterocycles. The molecular weight excluding hydrogens is 234 g/mol. The Kier molecular flexibility index (Phi) is 3.27. The normalized spacial score (nSPS) is 23.4. The summed E-state index contributed by atoms with van der Waals surface area (Å²) >= 11 is 0. The van der Waals surface area contributed by atoms with Crippen LogP contribution in [-0.2, 0) is 16.3 Å². The third-order valence-electron chi connectivity index (χ3n) is 3.47. The molecule has 94 valence electrons. The molecule has 17 heavy (non-hydrogen) atoms. The molecule has 4 heteroatoms. The predicted molar refractivity (Wildman–Crippen MR) is 69.1 cm³/mol. The predicted octanol–water partition coefficient (Wildman–Crippen LogP) is 1.73. The van der Waals surface area contributed by atoms with Crippen LogP contribution >= 0.6 is 0 Å². The maximum atomic E-state index is 12.0. The van der Waals surface area contributed by atoms with Crippen molar-refractivity contribution in [3.8, 4) is 0 Å². The quantitative estimate of drug-likeness (QED) is 0.892. The average molecular weight is 253 g/mol. The summed E-state index contributed by atoms with van der Waals surface area (Å²) in [5.74, 6) is 0.378. The minimum atomic E-state index is -3.04. The van der Waals surface area contributed by atoms with Crippen LogP contribution < -0.4 is 5.32 Å². The van der Waals surface area contributed by atoms with E-state index in [1.165, 1.54) is 0 Å². The zero-order valence-corrected chi connectivity index (χ0v) is 11.3. The first kappa shape index (κ1) is 12.6. The monoisotopic (exact) mass is 253 g/mol. The molecule has 0 radical (unpaired) electrons. The van der Waals surface area contributed by atoms with Gasteiger partial charge >= 0.3 is 0 Å². The van der Waals surface area contributed by atoms with E-state index in [1.807, 2.05) is 26.1 Å². The van der Waals surface area contributed by atoms with Gasteiger partial charge in [0.05, 0.1) is 10.6 Å². The number of hydrogen-bond donors (Lipinski definition) is 1. The lowest BCUT2D eigenvalue weighted by Gasteiger charge is -2.15. The van der Waals surface area contributed by atoms with E-state index in [1.54, 1.807) is 6.07 Å². The fourth-order valence-corrected chi connectivity index (χ4v) is 4.49. The van der Waals surface area contributed by atoms with Crippen molar-refractivity contribution in [2.45, 2.75) is 37.1 Å². The van der Waals surface area contributed by atoms with Gasteiger partial charge in [-0.3, -0.25) is 0 Å². The Labute approximate surface area is 103 Å². The highest BCUT2D eigenvalue weighted by atomic mass is 32.2. The van der Waals surface area contributed by atoms with Crippen LogP contribution in [0.15, 0.2) is 23.1 Å². The highest BCUT2D eigenvalue weighted by Crippen LogP contribution is 2.37. The van der Waals surface area contributed by atoms with E-state index in [0.717, 1.165) is 17.5 Å². The molecular formula is C13H19NO2S. The molecule has 1 N–H and O–H groups in total. The summed E-state index contributed by atoms with van der Waals surface area (Å²) < 4.78 is 23.9. The van der Waals surface area contributed by atoms with E-state index in [4.69, 9.17) is 0 Å². The van der Waals surface area contributed by atoms with Gasteiger partial charge < -0.3 is 5.32 Å². The molecule has 2 rings (SSSR count). The Bertz CT molecular complexity index is 522. The fraction of sp³-hybridized carbons (Fsp3) is 0.538. The second kappa shape index (κ2) is 4.42.